The van der Waals surface area contributed by atoms with E-state index < -0.39 is 18.2 Å². The van der Waals surface area contributed by atoms with Crippen LogP contribution in [0.25, 0.3) is 0 Å². The van der Waals surface area contributed by atoms with Gasteiger partial charge in [-0.2, -0.15) is 0 Å². The molecule has 5 N–H and O–H groups in total. The smallest absolute Gasteiger partial charge is 0.309 e. The van der Waals surface area contributed by atoms with Crippen molar-refractivity contribution >= 4 is 11.8 Å². The van der Waals surface area contributed by atoms with Gasteiger partial charge in [0.1, 0.15) is 0 Å². The van der Waals surface area contributed by atoms with Crippen LogP contribution < -0.4 is 11.5 Å². The zero-order chi connectivity index (χ0) is 11.1. The summed E-state index contributed by atoms with van der Waals surface area (Å²) in [4.78, 5) is 19.9. The lowest BCUT2D eigenvalue weighted by Gasteiger charge is -2.16. The molecule has 0 saturated heterocycles. The van der Waals surface area contributed by atoms with Gasteiger partial charge in [-0.15, -0.1) is 6.58 Å². The minimum atomic E-state index is -1.31. The molecule has 0 bridgehead atoms. The van der Waals surface area contributed by atoms with Gasteiger partial charge in [-0.3, -0.25) is 4.79 Å². The summed E-state index contributed by atoms with van der Waals surface area (Å²) < 4.78 is 4.50. The van der Waals surface area contributed by atoms with Crippen molar-refractivity contribution in [1.82, 2.24) is 0 Å². The third-order valence-electron chi connectivity index (χ3n) is 1.32. The molecule has 0 aromatic carbocycles. The number of hydrogen-bond donors (Lipinski definition) is 3. The first-order valence-corrected chi connectivity index (χ1v) is 3.70. The van der Waals surface area contributed by atoms with Gasteiger partial charge < -0.3 is 21.3 Å². The average molecular weight is 200 g/mol. The molecule has 0 aromatic rings. The van der Waals surface area contributed by atoms with Gasteiger partial charge in [0.2, 0.25) is 5.78 Å². The highest BCUT2D eigenvalue weighted by atomic mass is 16.6. The van der Waals surface area contributed by atoms with Crippen LogP contribution in [-0.4, -0.2) is 23.2 Å². The number of nitrogens with two attached hydrogens (primary N) is 2. The Labute approximate surface area is 80.8 Å². The Kier molecular flexibility index (Phi) is 5.01. The highest BCUT2D eigenvalue weighted by molar-refractivity contribution is 5.87. The van der Waals surface area contributed by atoms with Crippen LogP contribution in [0.5, 0.6) is 0 Å². The molecule has 0 radical (unpaired) electrons. The molecule has 1 aliphatic rings. The molecule has 0 aliphatic carbocycles. The van der Waals surface area contributed by atoms with Crippen LogP contribution in [0.1, 0.15) is 0 Å². The van der Waals surface area contributed by atoms with Crippen LogP contribution in [0.3, 0.4) is 0 Å². The lowest BCUT2D eigenvalue weighted by Crippen LogP contribution is -2.30. The molecule has 1 rings (SSSR count). The van der Waals surface area contributed by atoms with Gasteiger partial charge >= 0.3 is 6.03 Å². The van der Waals surface area contributed by atoms with Crippen molar-refractivity contribution in [1.29, 1.82) is 0 Å². The van der Waals surface area contributed by atoms with Gasteiger partial charge in [-0.25, -0.2) is 4.79 Å². The van der Waals surface area contributed by atoms with Gasteiger partial charge in [-0.1, -0.05) is 6.08 Å². The van der Waals surface area contributed by atoms with Gasteiger partial charge in [0.25, 0.3) is 6.29 Å². The highest BCUT2D eigenvalue weighted by Crippen LogP contribution is 2.11. The number of carbonyl (C=O) groups excluding carboxylic acids is 2. The van der Waals surface area contributed by atoms with Crippen molar-refractivity contribution in [3.8, 4) is 0 Å². The molecule has 6 heteroatoms. The summed E-state index contributed by atoms with van der Waals surface area (Å²) in [6, 6.07) is -0.833. The maximum atomic E-state index is 10.9. The standard InChI is InChI=1S/C7H8O3.CH4N2O/c1-2-5-3-4-10-7(9)6(5)8;2-1(3)4/h2-5,7,9H,1H2;(H4,2,3,4). The van der Waals surface area contributed by atoms with Gasteiger partial charge in [0, 0.05) is 0 Å². The maximum absolute atomic E-state index is 10.9. The fraction of sp³-hybridized carbons (Fsp3) is 0.250. The molecule has 78 valence electrons. The Morgan fingerprint density at radius 2 is 2.14 bits per heavy atom. The van der Waals surface area contributed by atoms with Crippen molar-refractivity contribution in [2.45, 2.75) is 6.29 Å². The van der Waals surface area contributed by atoms with Crippen LogP contribution in [0.15, 0.2) is 25.0 Å². The molecule has 2 unspecified atom stereocenters. The predicted molar refractivity (Wildman–Crippen MR) is 48.7 cm³/mol. The van der Waals surface area contributed by atoms with Gasteiger partial charge in [-0.05, 0) is 6.08 Å². The van der Waals surface area contributed by atoms with E-state index in [0.717, 1.165) is 0 Å². The van der Waals surface area contributed by atoms with E-state index in [9.17, 15) is 4.79 Å². The predicted octanol–water partition coefficient (Wildman–Crippen LogP) is -0.756. The van der Waals surface area contributed by atoms with E-state index in [1.54, 1.807) is 6.08 Å². The van der Waals surface area contributed by atoms with Crippen LogP contribution >= 0.6 is 0 Å². The summed E-state index contributed by atoms with van der Waals surface area (Å²) in [5.74, 6) is -0.763. The third kappa shape index (κ3) is 4.27. The second-order valence-corrected chi connectivity index (χ2v) is 2.38. The largest absolute Gasteiger partial charge is 0.465 e. The van der Waals surface area contributed by atoms with Crippen LogP contribution in [-0.2, 0) is 9.53 Å². The second kappa shape index (κ2) is 5.76. The summed E-state index contributed by atoms with van der Waals surface area (Å²) >= 11 is 0. The summed E-state index contributed by atoms with van der Waals surface area (Å²) in [5, 5.41) is 8.81. The third-order valence-corrected chi connectivity index (χ3v) is 1.32. The average Bonchev–Trinajstić information content (AvgIpc) is 2.09. The number of allylic oxidation sites excluding steroid dienone is 2. The van der Waals surface area contributed by atoms with E-state index in [4.69, 9.17) is 9.90 Å². The highest BCUT2D eigenvalue weighted by Gasteiger charge is 2.24. The minimum absolute atomic E-state index is 0.363. The monoisotopic (exact) mass is 200 g/mol. The number of primary amides is 2. The molecular weight excluding hydrogens is 188 g/mol. The molecule has 0 spiro atoms. The molecule has 0 saturated carbocycles. The fourth-order valence-corrected chi connectivity index (χ4v) is 0.726. The van der Waals surface area contributed by atoms with Crippen LogP contribution in [0.2, 0.25) is 0 Å². The molecule has 1 heterocycles. The zero-order valence-electron chi connectivity index (χ0n) is 7.42. The van der Waals surface area contributed by atoms with Gasteiger partial charge in [0.15, 0.2) is 0 Å². The Hall–Kier alpha value is -1.82. The number of aliphatic hydroxyl groups is 1. The molecule has 2 atom stereocenters. The van der Waals surface area contributed by atoms with E-state index in [1.165, 1.54) is 12.3 Å². The number of ether oxygens (including phenoxy) is 1. The maximum Gasteiger partial charge on any atom is 0.309 e. The minimum Gasteiger partial charge on any atom is -0.465 e. The number of hydrogen-bond acceptors (Lipinski definition) is 4. The normalized spacial score (nSPS) is 24.2. The number of aliphatic hydroxyl groups excluding tert-OH is 1. The van der Waals surface area contributed by atoms with Crippen molar-refractivity contribution in [2.75, 3.05) is 0 Å². The lowest BCUT2D eigenvalue weighted by atomic mass is 10.0. The van der Waals surface area contributed by atoms with Crippen molar-refractivity contribution in [3.63, 3.8) is 0 Å². The van der Waals surface area contributed by atoms with Crippen molar-refractivity contribution < 1.29 is 19.4 Å². The molecule has 6 nitrogen and oxygen atoms in total. The van der Waals surface area contributed by atoms with E-state index in [1.807, 2.05) is 0 Å². The van der Waals surface area contributed by atoms with E-state index in [0.29, 0.717) is 0 Å². The Morgan fingerprint density at radius 3 is 2.50 bits per heavy atom. The van der Waals surface area contributed by atoms with E-state index >= 15 is 0 Å². The molecule has 2 amide bonds. The Balaban J connectivity index is 0.000000364. The van der Waals surface area contributed by atoms with Crippen LogP contribution in [0, 0.1) is 5.92 Å². The summed E-state index contributed by atoms with van der Waals surface area (Å²) in [7, 11) is 0. The first-order chi connectivity index (χ1) is 6.49. The number of amides is 2. The quantitative estimate of drug-likeness (QED) is 0.482. The first-order valence-electron chi connectivity index (χ1n) is 3.70. The number of Topliss-reactive ketones (excluding diaryl/α,β-unsaturated/α-hetero) is 1. The second-order valence-electron chi connectivity index (χ2n) is 2.38. The summed E-state index contributed by atoms with van der Waals surface area (Å²) in [6.07, 6.45) is 3.00. The SMILES string of the molecule is C=CC1C=COC(O)C1=O.NC(N)=O. The molecule has 0 fully saturated rings. The van der Waals surface area contributed by atoms with Crippen molar-refractivity contribution in [3.05, 3.63) is 25.0 Å². The van der Waals surface area contributed by atoms with E-state index in [2.05, 4.69) is 22.8 Å². The number of carbonyl (C=O) groups is 2. The van der Waals surface area contributed by atoms with E-state index in [-0.39, 0.29) is 5.78 Å². The Bertz CT molecular complexity index is 258. The number of urea groups is 1. The molecule has 1 aliphatic heterocycles. The number of rotatable bonds is 1. The molecule has 0 aromatic heterocycles. The fourth-order valence-electron chi connectivity index (χ4n) is 0.726. The van der Waals surface area contributed by atoms with Crippen LogP contribution in [0.4, 0.5) is 4.79 Å². The van der Waals surface area contributed by atoms with Crippen molar-refractivity contribution in [2.24, 2.45) is 17.4 Å². The zero-order valence-corrected chi connectivity index (χ0v) is 7.42. The lowest BCUT2D eigenvalue weighted by molar-refractivity contribution is -0.150. The molecular formula is C8H12N2O4. The first kappa shape index (κ1) is 12.2. The Morgan fingerprint density at radius 1 is 1.64 bits per heavy atom. The number of ketones is 1. The topological polar surface area (TPSA) is 116 Å². The molecule has 14 heavy (non-hydrogen) atoms. The van der Waals surface area contributed by atoms with Gasteiger partial charge in [0.05, 0.1) is 12.2 Å². The summed E-state index contributed by atoms with van der Waals surface area (Å²) in [6.45, 7) is 3.43. The summed E-state index contributed by atoms with van der Waals surface area (Å²) in [5.41, 5.74) is 8.50.